The van der Waals surface area contributed by atoms with Gasteiger partial charge in [0.25, 0.3) is 0 Å². The molecule has 2 aromatic carbocycles. The maximum absolute atomic E-state index is 11.4. The van der Waals surface area contributed by atoms with Crippen molar-refractivity contribution in [3.63, 3.8) is 0 Å². The largest absolute Gasteiger partial charge is 0.347 e. The zero-order valence-corrected chi connectivity index (χ0v) is 11.9. The fraction of sp³-hybridized carbons (Fsp3) is 0.214. The Kier molecular flexibility index (Phi) is 4.23. The van der Waals surface area contributed by atoms with Gasteiger partial charge in [0.15, 0.2) is 0 Å². The molecule has 0 bridgehead atoms. The molecule has 3 N–H and O–H groups in total. The molecule has 1 atom stereocenters. The van der Waals surface area contributed by atoms with Crippen LogP contribution in [-0.2, 0) is 15.8 Å². The molecular formula is C14H16NO4P. The van der Waals surface area contributed by atoms with Gasteiger partial charge in [0, 0.05) is 13.3 Å². The molecule has 106 valence electrons. The number of amides is 1. The van der Waals surface area contributed by atoms with E-state index < -0.39 is 19.3 Å². The highest BCUT2D eigenvalue weighted by Crippen LogP contribution is 2.41. The van der Waals surface area contributed by atoms with Crippen LogP contribution in [0.5, 0.6) is 0 Å². The van der Waals surface area contributed by atoms with Crippen LogP contribution in [0, 0.1) is 0 Å². The second kappa shape index (κ2) is 5.75. The van der Waals surface area contributed by atoms with Crippen molar-refractivity contribution in [1.29, 1.82) is 0 Å². The van der Waals surface area contributed by atoms with E-state index in [0.29, 0.717) is 0 Å². The Balaban J connectivity index is 2.28. The van der Waals surface area contributed by atoms with Crippen LogP contribution in [0.4, 0.5) is 0 Å². The molecule has 0 spiro atoms. The first kappa shape index (κ1) is 14.7. The van der Waals surface area contributed by atoms with Gasteiger partial charge in [-0.3, -0.25) is 9.36 Å². The van der Waals surface area contributed by atoms with Gasteiger partial charge in [-0.1, -0.05) is 42.5 Å². The Morgan fingerprint density at radius 1 is 1.20 bits per heavy atom. The summed E-state index contributed by atoms with van der Waals surface area (Å²) in [7, 11) is -4.39. The van der Waals surface area contributed by atoms with Crippen LogP contribution in [0.1, 0.15) is 12.5 Å². The zero-order valence-electron chi connectivity index (χ0n) is 11.0. The van der Waals surface area contributed by atoms with E-state index in [1.807, 2.05) is 42.5 Å². The molecule has 0 aliphatic rings. The molecule has 0 radical (unpaired) electrons. The normalized spacial score (nSPS) is 13.2. The summed E-state index contributed by atoms with van der Waals surface area (Å²) >= 11 is 0. The molecule has 20 heavy (non-hydrogen) atoms. The molecule has 0 aromatic heterocycles. The lowest BCUT2D eigenvalue weighted by Crippen LogP contribution is -2.34. The second-order valence-corrected chi connectivity index (χ2v) is 6.49. The van der Waals surface area contributed by atoms with Crippen molar-refractivity contribution < 1.29 is 19.1 Å². The third kappa shape index (κ3) is 3.67. The van der Waals surface area contributed by atoms with E-state index in [1.54, 1.807) is 0 Å². The Morgan fingerprint density at radius 2 is 1.85 bits per heavy atom. The number of benzene rings is 2. The third-order valence-electron chi connectivity index (χ3n) is 3.02. The van der Waals surface area contributed by atoms with Gasteiger partial charge in [0.05, 0.1) is 0 Å². The van der Waals surface area contributed by atoms with Crippen molar-refractivity contribution in [1.82, 2.24) is 5.32 Å². The summed E-state index contributed by atoms with van der Waals surface area (Å²) in [4.78, 5) is 29.6. The van der Waals surface area contributed by atoms with Crippen LogP contribution in [0.2, 0.25) is 0 Å². The zero-order chi connectivity index (χ0) is 14.8. The molecule has 6 heteroatoms. The summed E-state index contributed by atoms with van der Waals surface area (Å²) in [5, 5.41) is 4.37. The van der Waals surface area contributed by atoms with Gasteiger partial charge >= 0.3 is 7.60 Å². The van der Waals surface area contributed by atoms with Crippen molar-refractivity contribution in [2.75, 3.05) is 0 Å². The van der Waals surface area contributed by atoms with Gasteiger partial charge < -0.3 is 15.1 Å². The van der Waals surface area contributed by atoms with Gasteiger partial charge in [-0.15, -0.1) is 0 Å². The number of carbonyl (C=O) groups is 1. The van der Waals surface area contributed by atoms with Crippen molar-refractivity contribution in [3.05, 3.63) is 48.0 Å². The quantitative estimate of drug-likeness (QED) is 0.753. The molecule has 1 amide bonds. The second-order valence-electron chi connectivity index (χ2n) is 4.69. The minimum atomic E-state index is -4.39. The number of carbonyl (C=O) groups excluding carboxylic acids is 1. The summed E-state index contributed by atoms with van der Waals surface area (Å²) in [6.07, 6.45) is 0.0920. The Labute approximate surface area is 116 Å². The average Bonchev–Trinajstić information content (AvgIpc) is 2.36. The van der Waals surface area contributed by atoms with E-state index in [9.17, 15) is 19.1 Å². The number of fused-ring (bicyclic) bond motifs is 1. The lowest BCUT2D eigenvalue weighted by atomic mass is 10.1. The lowest BCUT2D eigenvalue weighted by molar-refractivity contribution is -0.119. The first-order valence-corrected chi connectivity index (χ1v) is 7.84. The molecule has 2 rings (SSSR count). The minimum Gasteiger partial charge on any atom is -0.342 e. The molecular weight excluding hydrogens is 277 g/mol. The van der Waals surface area contributed by atoms with Crippen molar-refractivity contribution in [2.24, 2.45) is 0 Å². The maximum Gasteiger partial charge on any atom is 0.347 e. The molecule has 5 nitrogen and oxygen atoms in total. The molecule has 0 aliphatic heterocycles. The third-order valence-corrected chi connectivity index (χ3v) is 4.14. The fourth-order valence-electron chi connectivity index (χ4n) is 2.08. The summed E-state index contributed by atoms with van der Waals surface area (Å²) < 4.78 is 11.4. The standard InChI is InChI=1S/C14H16NO4P/c1-10(16)15-14(20(17,18)19)9-11-6-7-12-4-2-3-5-13(12)8-11/h2-8,14H,9H2,1H3,(H,15,16)(H2,17,18,19)/t14-/m1/s1. The van der Waals surface area contributed by atoms with Crippen molar-refractivity contribution >= 4 is 24.3 Å². The van der Waals surface area contributed by atoms with Crippen LogP contribution in [0.25, 0.3) is 10.8 Å². The van der Waals surface area contributed by atoms with E-state index in [0.717, 1.165) is 16.3 Å². The summed E-state index contributed by atoms with van der Waals surface area (Å²) in [5.74, 6) is -1.65. The van der Waals surface area contributed by atoms with E-state index >= 15 is 0 Å². The summed E-state index contributed by atoms with van der Waals surface area (Å²) in [6.45, 7) is 1.24. The molecule has 0 aliphatic carbocycles. The Bertz CT molecular complexity index is 680. The first-order chi connectivity index (χ1) is 9.36. The highest BCUT2D eigenvalue weighted by Gasteiger charge is 2.29. The highest BCUT2D eigenvalue weighted by molar-refractivity contribution is 7.52. The molecule has 2 aromatic rings. The predicted octanol–water partition coefficient (Wildman–Crippen LogP) is 2.02. The van der Waals surface area contributed by atoms with E-state index in [1.165, 1.54) is 6.92 Å². The Morgan fingerprint density at radius 3 is 2.45 bits per heavy atom. The van der Waals surface area contributed by atoms with E-state index in [2.05, 4.69) is 5.32 Å². The maximum atomic E-state index is 11.4. The molecule has 0 fully saturated rings. The van der Waals surface area contributed by atoms with Crippen LogP contribution in [0.3, 0.4) is 0 Å². The predicted molar refractivity (Wildman–Crippen MR) is 77.3 cm³/mol. The Hall–Kier alpha value is -1.68. The van der Waals surface area contributed by atoms with Crippen LogP contribution in [0.15, 0.2) is 42.5 Å². The summed E-state index contributed by atoms with van der Waals surface area (Å²) in [5.41, 5.74) is 0.769. The van der Waals surface area contributed by atoms with Crippen molar-refractivity contribution in [3.8, 4) is 0 Å². The molecule has 0 saturated carbocycles. The SMILES string of the molecule is CC(=O)N[C@@H](Cc1ccc2ccccc2c1)P(=O)(O)O. The van der Waals surface area contributed by atoms with Crippen LogP contribution < -0.4 is 5.32 Å². The topological polar surface area (TPSA) is 86.6 Å². The van der Waals surface area contributed by atoms with E-state index in [4.69, 9.17) is 0 Å². The van der Waals surface area contributed by atoms with Gasteiger partial charge in [0.1, 0.15) is 5.78 Å². The molecule has 0 saturated heterocycles. The smallest absolute Gasteiger partial charge is 0.342 e. The monoisotopic (exact) mass is 293 g/mol. The molecule has 0 heterocycles. The minimum absolute atomic E-state index is 0.0920. The lowest BCUT2D eigenvalue weighted by Gasteiger charge is -2.19. The molecule has 0 unspecified atom stereocenters. The number of hydrogen-bond acceptors (Lipinski definition) is 2. The van der Waals surface area contributed by atoms with Gasteiger partial charge in [-0.2, -0.15) is 0 Å². The van der Waals surface area contributed by atoms with Gasteiger partial charge in [0.2, 0.25) is 5.91 Å². The number of nitrogens with one attached hydrogen (secondary N) is 1. The van der Waals surface area contributed by atoms with Gasteiger partial charge in [-0.25, -0.2) is 0 Å². The van der Waals surface area contributed by atoms with E-state index in [-0.39, 0.29) is 6.42 Å². The highest BCUT2D eigenvalue weighted by atomic mass is 31.2. The number of hydrogen-bond donors (Lipinski definition) is 3. The summed E-state index contributed by atoms with van der Waals surface area (Å²) in [6, 6.07) is 13.3. The average molecular weight is 293 g/mol. The fourth-order valence-corrected chi connectivity index (χ4v) is 2.88. The van der Waals surface area contributed by atoms with Crippen molar-refractivity contribution in [2.45, 2.75) is 19.1 Å². The first-order valence-electron chi connectivity index (χ1n) is 6.16. The van der Waals surface area contributed by atoms with Gasteiger partial charge in [-0.05, 0) is 16.3 Å². The van der Waals surface area contributed by atoms with Crippen LogP contribution in [-0.4, -0.2) is 21.5 Å². The van der Waals surface area contributed by atoms with Crippen LogP contribution >= 0.6 is 7.60 Å². The number of rotatable bonds is 4.